The number of hydrogen-bond donors (Lipinski definition) is 0. The first-order valence-electron chi connectivity index (χ1n) is 10.6. The zero-order valence-corrected chi connectivity index (χ0v) is 19.5. The lowest BCUT2D eigenvalue weighted by atomic mass is 10.1. The van der Waals surface area contributed by atoms with Gasteiger partial charge in [0.15, 0.2) is 17.0 Å². The molecule has 0 amide bonds. The summed E-state index contributed by atoms with van der Waals surface area (Å²) in [6.45, 7) is 9.23. The summed E-state index contributed by atoms with van der Waals surface area (Å²) in [6.07, 6.45) is 3.49. The zero-order chi connectivity index (χ0) is 22.2. The highest BCUT2D eigenvalue weighted by Crippen LogP contribution is 2.33. The lowest BCUT2D eigenvalue weighted by Gasteiger charge is -2.24. The molecule has 5 aromatic rings. The second-order valence-electron chi connectivity index (χ2n) is 8.26. The third-order valence-corrected chi connectivity index (χ3v) is 6.61. The number of nitrogens with zero attached hydrogens (tertiary/aromatic N) is 5. The van der Waals surface area contributed by atoms with Crippen LogP contribution in [0.5, 0.6) is 0 Å². The number of imidazole rings is 1. The highest BCUT2D eigenvalue weighted by molar-refractivity contribution is 7.09. The van der Waals surface area contributed by atoms with Crippen molar-refractivity contribution >= 4 is 34.0 Å². The minimum absolute atomic E-state index is 0.725. The summed E-state index contributed by atoms with van der Waals surface area (Å²) in [4.78, 5) is 17.6. The molecule has 0 saturated carbocycles. The molecule has 32 heavy (non-hydrogen) atoms. The molecule has 0 fully saturated rings. The summed E-state index contributed by atoms with van der Waals surface area (Å²) in [5.41, 5.74) is 8.72. The van der Waals surface area contributed by atoms with Gasteiger partial charge in [0.05, 0.1) is 6.54 Å². The molecule has 0 aliphatic heterocycles. The molecule has 0 saturated heterocycles. The predicted octanol–water partition coefficient (Wildman–Crippen LogP) is 6.45. The van der Waals surface area contributed by atoms with Crippen LogP contribution >= 0.6 is 11.3 Å². The van der Waals surface area contributed by atoms with E-state index in [2.05, 4.69) is 91.5 Å². The summed E-state index contributed by atoms with van der Waals surface area (Å²) >= 11 is 1.75. The molecule has 0 radical (unpaired) electrons. The van der Waals surface area contributed by atoms with Gasteiger partial charge in [0, 0.05) is 16.3 Å². The zero-order valence-electron chi connectivity index (χ0n) is 18.7. The molecule has 3 heterocycles. The number of thiophene rings is 1. The average molecular weight is 440 g/mol. The van der Waals surface area contributed by atoms with E-state index in [1.54, 1.807) is 17.7 Å². The van der Waals surface area contributed by atoms with Crippen LogP contribution in [0.15, 0.2) is 66.6 Å². The van der Waals surface area contributed by atoms with E-state index in [9.17, 15) is 0 Å². The second-order valence-corrected chi connectivity index (χ2v) is 9.30. The number of aromatic nitrogens is 4. The van der Waals surface area contributed by atoms with Gasteiger partial charge in [0.2, 0.25) is 0 Å². The van der Waals surface area contributed by atoms with Crippen LogP contribution in [0.25, 0.3) is 16.9 Å². The Labute approximate surface area is 192 Å². The molecule has 0 N–H and O–H groups in total. The Hall–Kier alpha value is -3.51. The van der Waals surface area contributed by atoms with E-state index in [0.717, 1.165) is 34.9 Å². The van der Waals surface area contributed by atoms with E-state index in [-0.39, 0.29) is 0 Å². The van der Waals surface area contributed by atoms with Crippen molar-refractivity contribution in [3.63, 3.8) is 0 Å². The summed E-state index contributed by atoms with van der Waals surface area (Å²) in [5.74, 6) is 0.815. The Morgan fingerprint density at radius 1 is 0.875 bits per heavy atom. The first-order chi connectivity index (χ1) is 15.5. The molecule has 0 atom stereocenters. The molecular formula is C26H25N5S. The average Bonchev–Trinajstić information content (AvgIpc) is 3.43. The fraction of sp³-hybridized carbons (Fsp3) is 0.192. The molecule has 2 aromatic carbocycles. The molecule has 5 nitrogen and oxygen atoms in total. The van der Waals surface area contributed by atoms with Crippen molar-refractivity contribution in [3.8, 4) is 5.69 Å². The molecule has 0 spiro atoms. The highest BCUT2D eigenvalue weighted by atomic mass is 32.1. The molecule has 3 aromatic heterocycles. The largest absolute Gasteiger partial charge is 0.319 e. The first-order valence-corrected chi connectivity index (χ1v) is 11.5. The van der Waals surface area contributed by atoms with Gasteiger partial charge in [-0.3, -0.25) is 4.57 Å². The van der Waals surface area contributed by atoms with Crippen LogP contribution in [0.3, 0.4) is 0 Å². The molecule has 160 valence electrons. The van der Waals surface area contributed by atoms with E-state index in [4.69, 9.17) is 9.97 Å². The van der Waals surface area contributed by atoms with Crippen LogP contribution in [0.4, 0.5) is 11.5 Å². The Kier molecular flexibility index (Phi) is 5.23. The van der Waals surface area contributed by atoms with Gasteiger partial charge in [-0.1, -0.05) is 18.2 Å². The number of aryl methyl sites for hydroxylation is 4. The number of benzene rings is 2. The second kappa shape index (κ2) is 8.20. The number of anilines is 2. The monoisotopic (exact) mass is 439 g/mol. The summed E-state index contributed by atoms with van der Waals surface area (Å²) in [5, 5.41) is 2.11. The van der Waals surface area contributed by atoms with E-state index in [1.807, 2.05) is 10.9 Å². The van der Waals surface area contributed by atoms with Gasteiger partial charge in [0.1, 0.15) is 12.7 Å². The van der Waals surface area contributed by atoms with Crippen LogP contribution in [0.1, 0.15) is 27.1 Å². The molecule has 0 aliphatic carbocycles. The van der Waals surface area contributed by atoms with E-state index in [1.165, 1.54) is 27.1 Å². The Morgan fingerprint density at radius 2 is 1.69 bits per heavy atom. The third-order valence-electron chi connectivity index (χ3n) is 5.75. The van der Waals surface area contributed by atoms with Gasteiger partial charge < -0.3 is 4.90 Å². The summed E-state index contributed by atoms with van der Waals surface area (Å²) < 4.78 is 2.05. The normalized spacial score (nSPS) is 11.2. The van der Waals surface area contributed by atoms with Gasteiger partial charge in [-0.05, 0) is 85.7 Å². The number of rotatable bonds is 5. The number of fused-ring (bicyclic) bond motifs is 1. The van der Waals surface area contributed by atoms with Gasteiger partial charge >= 0.3 is 0 Å². The standard InChI is InChI=1S/C26H25N5S/c1-17-10-18(2)12-22(11-17)31-16-29-24-25(27-15-28-26(24)31)30(14-23-6-5-9-32-23)21-8-7-19(3)20(4)13-21/h5-13,15-16H,14H2,1-4H3. The topological polar surface area (TPSA) is 46.8 Å². The van der Waals surface area contributed by atoms with Gasteiger partial charge in [-0.15, -0.1) is 11.3 Å². The minimum atomic E-state index is 0.725. The summed E-state index contributed by atoms with van der Waals surface area (Å²) in [6, 6.07) is 17.3. The Morgan fingerprint density at radius 3 is 2.41 bits per heavy atom. The van der Waals surface area contributed by atoms with Crippen LogP contribution in [0.2, 0.25) is 0 Å². The minimum Gasteiger partial charge on any atom is -0.319 e. The number of hydrogen-bond acceptors (Lipinski definition) is 5. The molecule has 6 heteroatoms. The van der Waals surface area contributed by atoms with Crippen molar-refractivity contribution in [3.05, 3.63) is 93.7 Å². The quantitative estimate of drug-likeness (QED) is 0.316. The van der Waals surface area contributed by atoms with Crippen molar-refractivity contribution in [1.29, 1.82) is 0 Å². The van der Waals surface area contributed by atoms with Crippen molar-refractivity contribution in [2.75, 3.05) is 4.90 Å². The Balaban J connectivity index is 1.67. The van der Waals surface area contributed by atoms with Crippen LogP contribution in [-0.2, 0) is 6.54 Å². The lowest BCUT2D eigenvalue weighted by Crippen LogP contribution is -2.18. The van der Waals surface area contributed by atoms with Gasteiger partial charge in [-0.2, -0.15) is 0 Å². The maximum absolute atomic E-state index is 4.77. The lowest BCUT2D eigenvalue weighted by molar-refractivity contribution is 0.959. The Bertz CT molecular complexity index is 1380. The van der Waals surface area contributed by atoms with E-state index >= 15 is 0 Å². The van der Waals surface area contributed by atoms with Crippen LogP contribution < -0.4 is 4.90 Å². The van der Waals surface area contributed by atoms with Crippen LogP contribution in [0, 0.1) is 27.7 Å². The van der Waals surface area contributed by atoms with Crippen LogP contribution in [-0.4, -0.2) is 19.5 Å². The van der Waals surface area contributed by atoms with Crippen molar-refractivity contribution in [2.24, 2.45) is 0 Å². The third kappa shape index (κ3) is 3.78. The molecule has 0 bridgehead atoms. The van der Waals surface area contributed by atoms with Crippen molar-refractivity contribution in [1.82, 2.24) is 19.5 Å². The maximum atomic E-state index is 4.77. The molecular weight excluding hydrogens is 414 g/mol. The fourth-order valence-electron chi connectivity index (χ4n) is 4.04. The predicted molar refractivity (Wildman–Crippen MR) is 132 cm³/mol. The van der Waals surface area contributed by atoms with E-state index in [0.29, 0.717) is 0 Å². The van der Waals surface area contributed by atoms with Crippen molar-refractivity contribution in [2.45, 2.75) is 34.2 Å². The molecule has 0 unspecified atom stereocenters. The van der Waals surface area contributed by atoms with Crippen molar-refractivity contribution < 1.29 is 0 Å². The van der Waals surface area contributed by atoms with E-state index < -0.39 is 0 Å². The van der Waals surface area contributed by atoms with Gasteiger partial charge in [0.25, 0.3) is 0 Å². The van der Waals surface area contributed by atoms with Gasteiger partial charge in [-0.25, -0.2) is 15.0 Å². The molecule has 5 rings (SSSR count). The highest BCUT2D eigenvalue weighted by Gasteiger charge is 2.20. The maximum Gasteiger partial charge on any atom is 0.170 e. The summed E-state index contributed by atoms with van der Waals surface area (Å²) in [7, 11) is 0. The fourth-order valence-corrected chi connectivity index (χ4v) is 4.73. The SMILES string of the molecule is Cc1cc(C)cc(-n2cnc3c(N(Cc4cccs4)c4ccc(C)c(C)c4)ncnc32)c1. The smallest absolute Gasteiger partial charge is 0.170 e. The molecule has 0 aliphatic rings. The first kappa shape index (κ1) is 20.4.